The molecule has 0 aliphatic rings. The molecule has 0 saturated carbocycles. The van der Waals surface area contributed by atoms with Gasteiger partial charge in [0.2, 0.25) is 0 Å². The van der Waals surface area contributed by atoms with E-state index >= 15 is 0 Å². The monoisotopic (exact) mass is 313 g/mol. The van der Waals surface area contributed by atoms with Crippen LogP contribution < -0.4 is 0 Å². The van der Waals surface area contributed by atoms with Crippen LogP contribution >= 0.6 is 0 Å². The van der Waals surface area contributed by atoms with Gasteiger partial charge in [0.15, 0.2) is 12.9 Å². The molecule has 0 aliphatic carbocycles. The number of hydrogen-bond acceptors (Lipinski definition) is 4. The van der Waals surface area contributed by atoms with Gasteiger partial charge in [0, 0.05) is 24.3 Å². The zero-order chi connectivity index (χ0) is 16.3. The lowest BCUT2D eigenvalue weighted by Gasteiger charge is -2.15. The molecule has 23 heavy (non-hydrogen) atoms. The van der Waals surface area contributed by atoms with Crippen molar-refractivity contribution in [3.8, 4) is 0 Å². The van der Waals surface area contributed by atoms with Gasteiger partial charge in [-0.2, -0.15) is 0 Å². The van der Waals surface area contributed by atoms with Crippen molar-refractivity contribution in [1.29, 1.82) is 0 Å². The van der Waals surface area contributed by atoms with Gasteiger partial charge in [-0.15, -0.1) is 0 Å². The average molecular weight is 313 g/mol. The number of benzene rings is 2. The summed E-state index contributed by atoms with van der Waals surface area (Å²) < 4.78 is 10.9. The molecule has 0 bridgehead atoms. The zero-order valence-electron chi connectivity index (χ0n) is 13.6. The average Bonchev–Trinajstić information content (AvgIpc) is 2.60. The number of oxime groups is 1. The maximum absolute atomic E-state index is 5.51. The molecule has 0 saturated heterocycles. The van der Waals surface area contributed by atoms with Gasteiger partial charge in [-0.25, -0.2) is 0 Å². The van der Waals surface area contributed by atoms with Gasteiger partial charge >= 0.3 is 0 Å². The molecule has 0 unspecified atom stereocenters. The molecule has 122 valence electrons. The lowest BCUT2D eigenvalue weighted by Crippen LogP contribution is -2.23. The molecular formula is C19H23NO3. The Bertz CT molecular complexity index is 537. The Morgan fingerprint density at radius 1 is 0.826 bits per heavy atom. The fourth-order valence-corrected chi connectivity index (χ4v) is 2.14. The third-order valence-corrected chi connectivity index (χ3v) is 3.17. The smallest absolute Gasteiger partial charge is 0.194 e. The molecule has 4 nitrogen and oxygen atoms in total. The summed E-state index contributed by atoms with van der Waals surface area (Å²) >= 11 is 0. The van der Waals surface area contributed by atoms with Crippen molar-refractivity contribution in [2.45, 2.75) is 20.1 Å². The minimum absolute atomic E-state index is 0.255. The van der Waals surface area contributed by atoms with E-state index in [9.17, 15) is 0 Å². The Hall–Kier alpha value is -2.17. The van der Waals surface area contributed by atoms with Crippen molar-refractivity contribution in [3.63, 3.8) is 0 Å². The van der Waals surface area contributed by atoms with E-state index in [1.54, 1.807) is 0 Å². The van der Waals surface area contributed by atoms with E-state index in [1.807, 2.05) is 74.5 Å². The van der Waals surface area contributed by atoms with E-state index in [0.717, 1.165) is 16.8 Å². The second-order valence-corrected chi connectivity index (χ2v) is 4.81. The molecule has 2 aromatic rings. The minimum atomic E-state index is -0.401. The highest BCUT2D eigenvalue weighted by atomic mass is 16.7. The number of rotatable bonds is 9. The molecule has 0 spiro atoms. The summed E-state index contributed by atoms with van der Waals surface area (Å²) in [6, 6.07) is 19.9. The summed E-state index contributed by atoms with van der Waals surface area (Å²) in [4.78, 5) is 5.51. The van der Waals surface area contributed by atoms with Crippen molar-refractivity contribution in [1.82, 2.24) is 0 Å². The fraction of sp³-hybridized carbons (Fsp3) is 0.316. The standard InChI is InChI=1S/C19H23NO3/c1-3-21-18(22-4-2)15-23-20-19(16-11-7-5-8-12-16)17-13-9-6-10-14-17/h5-14,18H,3-4,15H2,1-2H3. The lowest BCUT2D eigenvalue weighted by molar-refractivity contribution is -0.167. The van der Waals surface area contributed by atoms with Gasteiger partial charge in [0.05, 0.1) is 0 Å². The molecule has 0 atom stereocenters. The zero-order valence-corrected chi connectivity index (χ0v) is 13.6. The molecule has 0 amide bonds. The predicted octanol–water partition coefficient (Wildman–Crippen LogP) is 3.85. The van der Waals surface area contributed by atoms with Crippen LogP contribution in [0.2, 0.25) is 0 Å². The molecule has 0 fully saturated rings. The van der Waals surface area contributed by atoms with Gasteiger partial charge in [0.1, 0.15) is 5.71 Å². The first-order valence-corrected chi connectivity index (χ1v) is 7.89. The molecule has 2 aromatic carbocycles. The van der Waals surface area contributed by atoms with Crippen LogP contribution in [0.3, 0.4) is 0 Å². The predicted molar refractivity (Wildman–Crippen MR) is 91.5 cm³/mol. The molecule has 0 heterocycles. The van der Waals surface area contributed by atoms with Crippen LogP contribution in [0.15, 0.2) is 65.8 Å². The topological polar surface area (TPSA) is 40.0 Å². The number of hydrogen-bond donors (Lipinski definition) is 0. The second kappa shape index (κ2) is 9.77. The van der Waals surface area contributed by atoms with Gasteiger partial charge in [-0.05, 0) is 13.8 Å². The summed E-state index contributed by atoms with van der Waals surface area (Å²) in [5.74, 6) is 0. The van der Waals surface area contributed by atoms with E-state index in [1.165, 1.54) is 0 Å². The lowest BCUT2D eigenvalue weighted by atomic mass is 10.0. The summed E-state index contributed by atoms with van der Waals surface area (Å²) in [7, 11) is 0. The molecule has 0 radical (unpaired) electrons. The Kier molecular flexibility index (Phi) is 7.30. The molecule has 4 heteroatoms. The fourth-order valence-electron chi connectivity index (χ4n) is 2.14. The van der Waals surface area contributed by atoms with Crippen LogP contribution in [-0.2, 0) is 14.3 Å². The van der Waals surface area contributed by atoms with E-state index in [0.29, 0.717) is 13.2 Å². The van der Waals surface area contributed by atoms with E-state index in [-0.39, 0.29) is 6.61 Å². The van der Waals surface area contributed by atoms with Gasteiger partial charge in [0.25, 0.3) is 0 Å². The summed E-state index contributed by atoms with van der Waals surface area (Å²) in [5, 5.41) is 4.33. The molecule has 0 N–H and O–H groups in total. The van der Waals surface area contributed by atoms with Gasteiger partial charge in [-0.1, -0.05) is 65.8 Å². The molecular weight excluding hydrogens is 290 g/mol. The minimum Gasteiger partial charge on any atom is -0.390 e. The first-order chi connectivity index (χ1) is 11.3. The van der Waals surface area contributed by atoms with Crippen LogP contribution in [0.4, 0.5) is 0 Å². The third kappa shape index (κ3) is 5.51. The van der Waals surface area contributed by atoms with E-state index < -0.39 is 6.29 Å². The van der Waals surface area contributed by atoms with Crippen molar-refractivity contribution >= 4 is 5.71 Å². The third-order valence-electron chi connectivity index (χ3n) is 3.17. The van der Waals surface area contributed by atoms with E-state index in [2.05, 4.69) is 5.16 Å². The molecule has 0 aliphatic heterocycles. The Balaban J connectivity index is 2.14. The van der Waals surface area contributed by atoms with Crippen LogP contribution in [0.5, 0.6) is 0 Å². The Morgan fingerprint density at radius 3 is 1.74 bits per heavy atom. The maximum Gasteiger partial charge on any atom is 0.194 e. The van der Waals surface area contributed by atoms with Crippen LogP contribution in [0.1, 0.15) is 25.0 Å². The number of nitrogens with zero attached hydrogens (tertiary/aromatic N) is 1. The normalized spacial score (nSPS) is 10.6. The first kappa shape index (κ1) is 17.2. The highest BCUT2D eigenvalue weighted by Crippen LogP contribution is 2.11. The van der Waals surface area contributed by atoms with Crippen LogP contribution in [0.25, 0.3) is 0 Å². The highest BCUT2D eigenvalue weighted by molar-refractivity contribution is 6.12. The molecule has 2 rings (SSSR count). The maximum atomic E-state index is 5.51. The summed E-state index contributed by atoms with van der Waals surface area (Å²) in [6.07, 6.45) is -0.401. The van der Waals surface area contributed by atoms with Crippen LogP contribution in [-0.4, -0.2) is 31.8 Å². The van der Waals surface area contributed by atoms with Crippen molar-refractivity contribution in [3.05, 3.63) is 71.8 Å². The van der Waals surface area contributed by atoms with Crippen molar-refractivity contribution in [2.24, 2.45) is 5.16 Å². The Labute approximate surface area is 137 Å². The quantitative estimate of drug-likeness (QED) is 0.401. The van der Waals surface area contributed by atoms with Crippen LogP contribution in [0, 0.1) is 0 Å². The van der Waals surface area contributed by atoms with Crippen molar-refractivity contribution in [2.75, 3.05) is 19.8 Å². The highest BCUT2D eigenvalue weighted by Gasteiger charge is 2.10. The van der Waals surface area contributed by atoms with Gasteiger partial charge in [-0.3, -0.25) is 0 Å². The molecule has 0 aromatic heterocycles. The van der Waals surface area contributed by atoms with Crippen molar-refractivity contribution < 1.29 is 14.3 Å². The largest absolute Gasteiger partial charge is 0.390 e. The summed E-state index contributed by atoms with van der Waals surface area (Å²) in [5.41, 5.74) is 2.80. The van der Waals surface area contributed by atoms with E-state index in [4.69, 9.17) is 14.3 Å². The SMILES string of the molecule is CCOC(CON=C(c1ccccc1)c1ccccc1)OCC. The number of ether oxygens (including phenoxy) is 2. The van der Waals surface area contributed by atoms with Gasteiger partial charge < -0.3 is 14.3 Å². The second-order valence-electron chi connectivity index (χ2n) is 4.81. The summed E-state index contributed by atoms with van der Waals surface area (Å²) in [6.45, 7) is 5.25. The Morgan fingerprint density at radius 2 is 1.30 bits per heavy atom. The first-order valence-electron chi connectivity index (χ1n) is 7.89.